The van der Waals surface area contributed by atoms with Crippen LogP contribution in [0.2, 0.25) is 0 Å². The molecule has 0 aromatic carbocycles. The normalized spacial score (nSPS) is 11.7. The van der Waals surface area contributed by atoms with E-state index < -0.39 is 0 Å². The molecule has 0 aliphatic rings. The molecule has 0 bridgehead atoms. The van der Waals surface area contributed by atoms with Crippen LogP contribution < -0.4 is 5.43 Å². The lowest BCUT2D eigenvalue weighted by atomic mass is 10.4. The third kappa shape index (κ3) is 3.29. The topological polar surface area (TPSA) is 93.7 Å². The molecule has 0 aliphatic heterocycles. The van der Waals surface area contributed by atoms with Crippen molar-refractivity contribution in [3.63, 3.8) is 0 Å². The van der Waals surface area contributed by atoms with E-state index in [1.54, 1.807) is 12.4 Å². The van der Waals surface area contributed by atoms with Crippen LogP contribution in [0.4, 0.5) is 5.95 Å². The fourth-order valence-electron chi connectivity index (χ4n) is 1.71. The molecule has 8 heteroatoms. The molecule has 3 aromatic rings. The third-order valence-electron chi connectivity index (χ3n) is 2.72. The van der Waals surface area contributed by atoms with Gasteiger partial charge in [0.1, 0.15) is 29.4 Å². The lowest BCUT2D eigenvalue weighted by molar-refractivity contribution is 0.527. The molecule has 0 aliphatic carbocycles. The number of hydrogen-bond acceptors (Lipinski definition) is 7. The van der Waals surface area contributed by atoms with Crippen LogP contribution >= 0.6 is 0 Å². The maximum atomic E-state index is 5.40. The van der Waals surface area contributed by atoms with Gasteiger partial charge in [-0.25, -0.2) is 5.43 Å². The maximum absolute atomic E-state index is 5.40. The molecule has 112 valence electrons. The number of anilines is 1. The van der Waals surface area contributed by atoms with Crippen molar-refractivity contribution in [2.24, 2.45) is 10.2 Å². The van der Waals surface area contributed by atoms with Crippen LogP contribution in [-0.4, -0.2) is 27.3 Å². The van der Waals surface area contributed by atoms with E-state index in [1.807, 2.05) is 38.1 Å². The van der Waals surface area contributed by atoms with E-state index in [2.05, 4.69) is 25.8 Å². The van der Waals surface area contributed by atoms with Crippen LogP contribution in [0.5, 0.6) is 0 Å². The predicted molar refractivity (Wildman–Crippen MR) is 81.1 cm³/mol. The standard InChI is InChI=1S/C14H14N6O2/c1-10-3-5-12(21-10)7-15-18-14-19-16-9-20(14)17-8-13-6-4-11(2)22-13/h3-9H,1-2H3,(H,18,19). The lowest BCUT2D eigenvalue weighted by Crippen LogP contribution is -1.98. The highest BCUT2D eigenvalue weighted by Crippen LogP contribution is 2.06. The zero-order chi connectivity index (χ0) is 15.4. The van der Waals surface area contributed by atoms with E-state index in [9.17, 15) is 0 Å². The Morgan fingerprint density at radius 2 is 1.73 bits per heavy atom. The van der Waals surface area contributed by atoms with Crippen molar-refractivity contribution in [1.29, 1.82) is 0 Å². The summed E-state index contributed by atoms with van der Waals surface area (Å²) in [5.41, 5.74) is 2.75. The molecule has 0 unspecified atom stereocenters. The molecule has 1 N–H and O–H groups in total. The summed E-state index contributed by atoms with van der Waals surface area (Å²) in [6, 6.07) is 7.37. The first-order valence-corrected chi connectivity index (χ1v) is 6.57. The zero-order valence-electron chi connectivity index (χ0n) is 12.1. The van der Waals surface area contributed by atoms with Crippen LogP contribution in [0.15, 0.2) is 49.6 Å². The van der Waals surface area contributed by atoms with E-state index in [4.69, 9.17) is 8.83 Å². The Balaban J connectivity index is 1.67. The largest absolute Gasteiger partial charge is 0.460 e. The van der Waals surface area contributed by atoms with E-state index >= 15 is 0 Å². The minimum atomic E-state index is 0.374. The predicted octanol–water partition coefficient (Wildman–Crippen LogP) is 2.41. The molecule has 0 radical (unpaired) electrons. The van der Waals surface area contributed by atoms with Gasteiger partial charge in [-0.3, -0.25) is 0 Å². The third-order valence-corrected chi connectivity index (χ3v) is 2.72. The van der Waals surface area contributed by atoms with Crippen molar-refractivity contribution in [2.45, 2.75) is 13.8 Å². The number of nitrogens with zero attached hydrogens (tertiary/aromatic N) is 5. The summed E-state index contributed by atoms with van der Waals surface area (Å²) in [5, 5.41) is 15.9. The number of rotatable bonds is 5. The lowest BCUT2D eigenvalue weighted by Gasteiger charge is -1.97. The Labute approximate surface area is 126 Å². The van der Waals surface area contributed by atoms with Gasteiger partial charge in [0.25, 0.3) is 5.95 Å². The monoisotopic (exact) mass is 298 g/mol. The Morgan fingerprint density at radius 1 is 1.05 bits per heavy atom. The van der Waals surface area contributed by atoms with Crippen LogP contribution in [0, 0.1) is 13.8 Å². The molecule has 3 heterocycles. The summed E-state index contributed by atoms with van der Waals surface area (Å²) in [4.78, 5) is 0. The summed E-state index contributed by atoms with van der Waals surface area (Å²) in [5.74, 6) is 3.31. The number of hydrazone groups is 1. The Morgan fingerprint density at radius 3 is 2.36 bits per heavy atom. The molecule has 22 heavy (non-hydrogen) atoms. The van der Waals surface area contributed by atoms with Gasteiger partial charge in [-0.2, -0.15) is 14.9 Å². The average Bonchev–Trinajstić information content (AvgIpc) is 3.20. The Bertz CT molecular complexity index is 811. The summed E-state index contributed by atoms with van der Waals surface area (Å²) < 4.78 is 12.2. The summed E-state index contributed by atoms with van der Waals surface area (Å²) >= 11 is 0. The fraction of sp³-hybridized carbons (Fsp3) is 0.143. The second-order valence-electron chi connectivity index (χ2n) is 4.51. The molecular weight excluding hydrogens is 284 g/mol. The molecule has 0 saturated heterocycles. The van der Waals surface area contributed by atoms with Crippen molar-refractivity contribution in [2.75, 3.05) is 5.43 Å². The van der Waals surface area contributed by atoms with Crippen molar-refractivity contribution >= 4 is 18.4 Å². The average molecular weight is 298 g/mol. The van der Waals surface area contributed by atoms with Crippen LogP contribution in [0.3, 0.4) is 0 Å². The molecular formula is C14H14N6O2. The minimum Gasteiger partial charge on any atom is -0.460 e. The van der Waals surface area contributed by atoms with Gasteiger partial charge in [-0.15, -0.1) is 10.2 Å². The maximum Gasteiger partial charge on any atom is 0.265 e. The van der Waals surface area contributed by atoms with Gasteiger partial charge in [-0.05, 0) is 38.1 Å². The van der Waals surface area contributed by atoms with Crippen molar-refractivity contribution in [1.82, 2.24) is 14.9 Å². The van der Waals surface area contributed by atoms with Gasteiger partial charge in [0, 0.05) is 0 Å². The van der Waals surface area contributed by atoms with Gasteiger partial charge in [-0.1, -0.05) is 0 Å². The Kier molecular flexibility index (Phi) is 3.82. The van der Waals surface area contributed by atoms with E-state index in [1.165, 1.54) is 11.0 Å². The van der Waals surface area contributed by atoms with Gasteiger partial charge in [0.15, 0.2) is 0 Å². The molecule has 0 spiro atoms. The number of furan rings is 2. The second kappa shape index (κ2) is 6.08. The Hall–Kier alpha value is -3.16. The number of hydrogen-bond donors (Lipinski definition) is 1. The molecule has 0 fully saturated rings. The van der Waals surface area contributed by atoms with Gasteiger partial charge < -0.3 is 8.83 Å². The summed E-state index contributed by atoms with van der Waals surface area (Å²) in [7, 11) is 0. The first-order chi connectivity index (χ1) is 10.7. The highest BCUT2D eigenvalue weighted by Gasteiger charge is 2.01. The van der Waals surface area contributed by atoms with Crippen molar-refractivity contribution in [3.8, 4) is 0 Å². The fourth-order valence-corrected chi connectivity index (χ4v) is 1.71. The van der Waals surface area contributed by atoms with E-state index in [-0.39, 0.29) is 0 Å². The van der Waals surface area contributed by atoms with E-state index in [0.717, 1.165) is 11.5 Å². The SMILES string of the molecule is Cc1ccc(C=NNc2nncn2N=Cc2ccc(C)o2)o1. The first kappa shape index (κ1) is 13.8. The summed E-state index contributed by atoms with van der Waals surface area (Å²) in [6.45, 7) is 3.74. The quantitative estimate of drug-likeness (QED) is 0.576. The minimum absolute atomic E-state index is 0.374. The highest BCUT2D eigenvalue weighted by atomic mass is 16.3. The van der Waals surface area contributed by atoms with Crippen molar-refractivity contribution < 1.29 is 8.83 Å². The smallest absolute Gasteiger partial charge is 0.265 e. The van der Waals surface area contributed by atoms with Crippen LogP contribution in [-0.2, 0) is 0 Å². The van der Waals surface area contributed by atoms with Gasteiger partial charge >= 0.3 is 0 Å². The second-order valence-corrected chi connectivity index (χ2v) is 4.51. The van der Waals surface area contributed by atoms with Crippen molar-refractivity contribution in [3.05, 3.63) is 53.6 Å². The molecule has 8 nitrogen and oxygen atoms in total. The van der Waals surface area contributed by atoms with Crippen LogP contribution in [0.1, 0.15) is 23.0 Å². The molecule has 0 amide bonds. The molecule has 0 saturated carbocycles. The highest BCUT2D eigenvalue weighted by molar-refractivity contribution is 5.77. The number of nitrogens with one attached hydrogen (secondary N) is 1. The van der Waals surface area contributed by atoms with E-state index in [0.29, 0.717) is 17.5 Å². The molecule has 3 aromatic heterocycles. The van der Waals surface area contributed by atoms with Crippen LogP contribution in [0.25, 0.3) is 0 Å². The number of aromatic nitrogens is 3. The molecule has 0 atom stereocenters. The van der Waals surface area contributed by atoms with Gasteiger partial charge in [0.2, 0.25) is 0 Å². The summed E-state index contributed by atoms with van der Waals surface area (Å²) in [6.07, 6.45) is 4.58. The van der Waals surface area contributed by atoms with Gasteiger partial charge in [0.05, 0.1) is 12.4 Å². The zero-order valence-corrected chi connectivity index (χ0v) is 12.1. The first-order valence-electron chi connectivity index (χ1n) is 6.57. The molecule has 3 rings (SSSR count). The number of aryl methyl sites for hydroxylation is 2.